The zero-order valence-corrected chi connectivity index (χ0v) is 10.9. The second kappa shape index (κ2) is 3.92. The van der Waals surface area contributed by atoms with Gasteiger partial charge in [0.15, 0.2) is 0 Å². The minimum Gasteiger partial charge on any atom is -0.332 e. The van der Waals surface area contributed by atoms with E-state index in [2.05, 4.69) is 39.2 Å². The molecule has 4 nitrogen and oxygen atoms in total. The second-order valence-corrected chi connectivity index (χ2v) is 6.10. The lowest BCUT2D eigenvalue weighted by atomic mass is 10.2. The first-order valence-corrected chi connectivity index (χ1v) is 7.10. The highest BCUT2D eigenvalue weighted by atomic mass is 15.4. The molecule has 0 radical (unpaired) electrons. The zero-order chi connectivity index (χ0) is 12.1. The van der Waals surface area contributed by atoms with Gasteiger partial charge in [0.1, 0.15) is 0 Å². The molecule has 2 unspecified atom stereocenters. The topological polar surface area (TPSA) is 32.3 Å². The minimum absolute atomic E-state index is 0.625. The maximum Gasteiger partial charge on any atom is 0.225 e. The first kappa shape index (κ1) is 10.7. The SMILES string of the molecule is CN1CC2CCC(C1)N2c1ncc(C2CC2)cn1. The third-order valence-electron chi connectivity index (χ3n) is 4.60. The first-order valence-electron chi connectivity index (χ1n) is 7.10. The standard InChI is InChI=1S/C14H20N4/c1-17-8-12-4-5-13(9-17)18(12)14-15-6-11(7-16-14)10-2-3-10/h6-7,10,12-13H,2-5,8-9H2,1H3. The maximum atomic E-state index is 4.63. The summed E-state index contributed by atoms with van der Waals surface area (Å²) in [5, 5.41) is 0. The van der Waals surface area contributed by atoms with Gasteiger partial charge in [-0.05, 0) is 44.2 Å². The summed E-state index contributed by atoms with van der Waals surface area (Å²) in [5.41, 5.74) is 1.33. The summed E-state index contributed by atoms with van der Waals surface area (Å²) >= 11 is 0. The smallest absolute Gasteiger partial charge is 0.225 e. The highest BCUT2D eigenvalue weighted by molar-refractivity contribution is 5.38. The molecule has 0 N–H and O–H groups in total. The van der Waals surface area contributed by atoms with Gasteiger partial charge in [0.2, 0.25) is 5.95 Å². The molecule has 0 aromatic carbocycles. The predicted molar refractivity (Wildman–Crippen MR) is 70.8 cm³/mol. The first-order chi connectivity index (χ1) is 8.81. The van der Waals surface area contributed by atoms with E-state index >= 15 is 0 Å². The number of hydrogen-bond donors (Lipinski definition) is 0. The van der Waals surface area contributed by atoms with Crippen LogP contribution in [-0.4, -0.2) is 47.1 Å². The Morgan fingerprint density at radius 3 is 2.17 bits per heavy atom. The van der Waals surface area contributed by atoms with Gasteiger partial charge in [0, 0.05) is 37.6 Å². The second-order valence-electron chi connectivity index (χ2n) is 6.10. The lowest BCUT2D eigenvalue weighted by Crippen LogP contribution is -2.53. The van der Waals surface area contributed by atoms with Crippen LogP contribution in [0.25, 0.3) is 0 Å². The van der Waals surface area contributed by atoms with Gasteiger partial charge in [-0.3, -0.25) is 0 Å². The Hall–Kier alpha value is -1.16. The predicted octanol–water partition coefficient (Wildman–Crippen LogP) is 1.64. The van der Waals surface area contributed by atoms with Gasteiger partial charge in [0.05, 0.1) is 0 Å². The third kappa shape index (κ3) is 1.70. The molecule has 2 saturated heterocycles. The van der Waals surface area contributed by atoms with Crippen LogP contribution < -0.4 is 4.90 Å². The zero-order valence-electron chi connectivity index (χ0n) is 10.9. The monoisotopic (exact) mass is 244 g/mol. The molecular formula is C14H20N4. The number of hydrogen-bond acceptors (Lipinski definition) is 4. The van der Waals surface area contributed by atoms with Crippen LogP contribution in [0.5, 0.6) is 0 Å². The minimum atomic E-state index is 0.625. The van der Waals surface area contributed by atoms with Crippen LogP contribution in [-0.2, 0) is 0 Å². The van der Waals surface area contributed by atoms with Crippen molar-refractivity contribution >= 4 is 5.95 Å². The molecule has 1 aromatic rings. The Morgan fingerprint density at radius 2 is 1.61 bits per heavy atom. The van der Waals surface area contributed by atoms with Crippen LogP contribution in [0.3, 0.4) is 0 Å². The molecule has 3 fully saturated rings. The van der Waals surface area contributed by atoms with E-state index in [4.69, 9.17) is 0 Å². The molecule has 1 saturated carbocycles. The Labute approximate surface area is 108 Å². The summed E-state index contributed by atoms with van der Waals surface area (Å²) in [7, 11) is 2.22. The molecule has 3 aliphatic rings. The third-order valence-corrected chi connectivity index (χ3v) is 4.60. The van der Waals surface area contributed by atoms with Crippen molar-refractivity contribution in [3.63, 3.8) is 0 Å². The molecule has 1 aromatic heterocycles. The molecule has 3 heterocycles. The number of aromatic nitrogens is 2. The largest absolute Gasteiger partial charge is 0.332 e. The van der Waals surface area contributed by atoms with Crippen molar-refractivity contribution < 1.29 is 0 Å². The molecule has 96 valence electrons. The van der Waals surface area contributed by atoms with Crippen LogP contribution in [0.2, 0.25) is 0 Å². The van der Waals surface area contributed by atoms with Gasteiger partial charge in [-0.1, -0.05) is 0 Å². The van der Waals surface area contributed by atoms with Crippen molar-refractivity contribution in [2.75, 3.05) is 25.0 Å². The Kier molecular flexibility index (Phi) is 2.34. The van der Waals surface area contributed by atoms with E-state index in [1.165, 1.54) is 31.2 Å². The van der Waals surface area contributed by atoms with E-state index in [1.54, 1.807) is 0 Å². The van der Waals surface area contributed by atoms with E-state index in [0.29, 0.717) is 12.1 Å². The Morgan fingerprint density at radius 1 is 1.00 bits per heavy atom. The average molecular weight is 244 g/mol. The quantitative estimate of drug-likeness (QED) is 0.791. The maximum absolute atomic E-state index is 4.63. The molecule has 18 heavy (non-hydrogen) atoms. The number of fused-ring (bicyclic) bond motifs is 2. The lowest BCUT2D eigenvalue weighted by Gasteiger charge is -2.39. The molecule has 1 aliphatic carbocycles. The highest BCUT2D eigenvalue weighted by Gasteiger charge is 2.40. The molecule has 0 spiro atoms. The van der Waals surface area contributed by atoms with E-state index in [-0.39, 0.29) is 0 Å². The fourth-order valence-corrected chi connectivity index (χ4v) is 3.53. The van der Waals surface area contributed by atoms with Gasteiger partial charge in [-0.15, -0.1) is 0 Å². The van der Waals surface area contributed by atoms with Crippen molar-refractivity contribution in [3.8, 4) is 0 Å². The summed E-state index contributed by atoms with van der Waals surface area (Å²) < 4.78 is 0. The Balaban J connectivity index is 1.59. The summed E-state index contributed by atoms with van der Waals surface area (Å²) in [6, 6.07) is 1.25. The van der Waals surface area contributed by atoms with Gasteiger partial charge >= 0.3 is 0 Å². The van der Waals surface area contributed by atoms with Crippen LogP contribution in [0.15, 0.2) is 12.4 Å². The van der Waals surface area contributed by atoms with E-state index < -0.39 is 0 Å². The molecule has 4 heteroatoms. The van der Waals surface area contributed by atoms with Crippen LogP contribution in [0.4, 0.5) is 5.95 Å². The fraction of sp³-hybridized carbons (Fsp3) is 0.714. The molecule has 2 bridgehead atoms. The molecule has 0 amide bonds. The number of likely N-dealkylation sites (N-methyl/N-ethyl adjacent to an activating group) is 1. The summed E-state index contributed by atoms with van der Waals surface area (Å²) in [6.45, 7) is 2.31. The fourth-order valence-electron chi connectivity index (χ4n) is 3.53. The normalized spacial score (nSPS) is 31.9. The van der Waals surface area contributed by atoms with Crippen molar-refractivity contribution in [1.82, 2.24) is 14.9 Å². The number of nitrogens with zero attached hydrogens (tertiary/aromatic N) is 4. The summed E-state index contributed by atoms with van der Waals surface area (Å²) in [6.07, 6.45) is 9.34. The van der Waals surface area contributed by atoms with Crippen LogP contribution >= 0.6 is 0 Å². The van der Waals surface area contributed by atoms with Crippen LogP contribution in [0, 0.1) is 0 Å². The molecular weight excluding hydrogens is 224 g/mol. The van der Waals surface area contributed by atoms with E-state index in [0.717, 1.165) is 25.0 Å². The number of anilines is 1. The number of rotatable bonds is 2. The molecule has 4 rings (SSSR count). The van der Waals surface area contributed by atoms with Crippen LogP contribution in [0.1, 0.15) is 37.2 Å². The lowest BCUT2D eigenvalue weighted by molar-refractivity contribution is 0.262. The number of piperazine rings is 1. The van der Waals surface area contributed by atoms with E-state index in [1.807, 2.05) is 0 Å². The highest BCUT2D eigenvalue weighted by Crippen LogP contribution is 2.40. The molecule has 2 atom stereocenters. The van der Waals surface area contributed by atoms with Gasteiger partial charge < -0.3 is 9.80 Å². The average Bonchev–Trinajstić information content (AvgIpc) is 3.17. The van der Waals surface area contributed by atoms with E-state index in [9.17, 15) is 0 Å². The van der Waals surface area contributed by atoms with Crippen molar-refractivity contribution in [2.45, 2.75) is 43.7 Å². The molecule has 2 aliphatic heterocycles. The van der Waals surface area contributed by atoms with Crippen molar-refractivity contribution in [1.29, 1.82) is 0 Å². The summed E-state index contributed by atoms with van der Waals surface area (Å²) in [5.74, 6) is 1.71. The van der Waals surface area contributed by atoms with Gasteiger partial charge in [0.25, 0.3) is 0 Å². The van der Waals surface area contributed by atoms with Gasteiger partial charge in [-0.25, -0.2) is 9.97 Å². The van der Waals surface area contributed by atoms with Crippen molar-refractivity contribution in [2.24, 2.45) is 0 Å². The summed E-state index contributed by atoms with van der Waals surface area (Å²) in [4.78, 5) is 14.2. The van der Waals surface area contributed by atoms with Crippen molar-refractivity contribution in [3.05, 3.63) is 18.0 Å². The number of likely N-dealkylation sites (tertiary alicyclic amines) is 1. The van der Waals surface area contributed by atoms with Gasteiger partial charge in [-0.2, -0.15) is 0 Å². The Bertz CT molecular complexity index is 426.